The van der Waals surface area contributed by atoms with Crippen molar-refractivity contribution in [3.63, 3.8) is 0 Å². The molecular formula is C15H28O3. The van der Waals surface area contributed by atoms with Crippen LogP contribution in [0.4, 0.5) is 0 Å². The summed E-state index contributed by atoms with van der Waals surface area (Å²) in [5, 5.41) is 31.1. The van der Waals surface area contributed by atoms with Crippen LogP contribution in [0.3, 0.4) is 0 Å². The van der Waals surface area contributed by atoms with Crippen molar-refractivity contribution in [3.8, 4) is 0 Å². The zero-order chi connectivity index (χ0) is 13.8. The minimum atomic E-state index is -0.708. The lowest BCUT2D eigenvalue weighted by Crippen LogP contribution is -2.54. The normalized spacial score (nSPS) is 49.2. The highest BCUT2D eigenvalue weighted by Crippen LogP contribution is 2.59. The Hall–Kier alpha value is -0.120. The lowest BCUT2D eigenvalue weighted by atomic mass is 9.58. The van der Waals surface area contributed by atoms with Gasteiger partial charge in [0.1, 0.15) is 0 Å². The molecule has 0 bridgehead atoms. The Bertz CT molecular complexity index is 318. The van der Waals surface area contributed by atoms with Gasteiger partial charge in [0.2, 0.25) is 0 Å². The third-order valence-electron chi connectivity index (χ3n) is 5.35. The fraction of sp³-hybridized carbons (Fsp3) is 1.00. The maximum absolute atomic E-state index is 10.7. The Labute approximate surface area is 110 Å². The predicted molar refractivity (Wildman–Crippen MR) is 71.1 cm³/mol. The predicted octanol–water partition coefficient (Wildman–Crippen LogP) is 2.09. The van der Waals surface area contributed by atoms with E-state index in [1.807, 2.05) is 20.8 Å². The summed E-state index contributed by atoms with van der Waals surface area (Å²) in [5.41, 5.74) is -1.59. The van der Waals surface area contributed by atoms with Crippen molar-refractivity contribution < 1.29 is 15.3 Å². The van der Waals surface area contributed by atoms with Gasteiger partial charge in [0.05, 0.1) is 17.3 Å². The topological polar surface area (TPSA) is 60.7 Å². The maximum Gasteiger partial charge on any atom is 0.0657 e. The summed E-state index contributed by atoms with van der Waals surface area (Å²) in [6.07, 6.45) is 3.70. The molecule has 2 fully saturated rings. The van der Waals surface area contributed by atoms with Gasteiger partial charge in [0.25, 0.3) is 0 Å². The Morgan fingerprint density at radius 1 is 1.17 bits per heavy atom. The van der Waals surface area contributed by atoms with Crippen molar-refractivity contribution in [2.24, 2.45) is 17.3 Å². The second-order valence-electron chi connectivity index (χ2n) is 7.71. The average Bonchev–Trinajstić information content (AvgIpc) is 2.51. The SMILES string of the molecule is CC(C)(O)C[C@H]1CC[C@@]2(C)[C@H](O)CC[C@](C)(O)[C@@H]12. The van der Waals surface area contributed by atoms with E-state index in [-0.39, 0.29) is 17.4 Å². The smallest absolute Gasteiger partial charge is 0.0657 e. The van der Waals surface area contributed by atoms with Gasteiger partial charge in [-0.2, -0.15) is 0 Å². The molecule has 0 aromatic heterocycles. The average molecular weight is 256 g/mol. The van der Waals surface area contributed by atoms with Crippen molar-refractivity contribution in [3.05, 3.63) is 0 Å². The number of aliphatic hydroxyl groups excluding tert-OH is 1. The summed E-state index contributed by atoms with van der Waals surface area (Å²) in [6, 6.07) is 0. The molecule has 0 saturated heterocycles. The van der Waals surface area contributed by atoms with Crippen molar-refractivity contribution in [2.45, 2.75) is 77.1 Å². The number of hydrogen-bond acceptors (Lipinski definition) is 3. The van der Waals surface area contributed by atoms with Crippen molar-refractivity contribution in [2.75, 3.05) is 0 Å². The van der Waals surface area contributed by atoms with Crippen molar-refractivity contribution in [1.29, 1.82) is 0 Å². The van der Waals surface area contributed by atoms with Crippen LogP contribution in [0, 0.1) is 17.3 Å². The molecule has 0 spiro atoms. The molecule has 0 heterocycles. The van der Waals surface area contributed by atoms with Gasteiger partial charge in [-0.3, -0.25) is 0 Å². The quantitative estimate of drug-likeness (QED) is 0.709. The first-order valence-electron chi connectivity index (χ1n) is 7.19. The maximum atomic E-state index is 10.7. The van der Waals surface area contributed by atoms with Crippen molar-refractivity contribution >= 4 is 0 Å². The molecule has 0 unspecified atom stereocenters. The zero-order valence-corrected chi connectivity index (χ0v) is 12.1. The number of aliphatic hydroxyl groups is 3. The van der Waals surface area contributed by atoms with Crippen LogP contribution < -0.4 is 0 Å². The highest BCUT2D eigenvalue weighted by molar-refractivity contribution is 5.09. The summed E-state index contributed by atoms with van der Waals surface area (Å²) in [6.45, 7) is 7.68. The molecule has 0 aromatic carbocycles. The Morgan fingerprint density at radius 3 is 2.33 bits per heavy atom. The highest BCUT2D eigenvalue weighted by atomic mass is 16.3. The molecule has 0 amide bonds. The van der Waals surface area contributed by atoms with E-state index in [2.05, 4.69) is 6.92 Å². The van der Waals surface area contributed by atoms with Crippen LogP contribution in [0.1, 0.15) is 59.8 Å². The minimum absolute atomic E-state index is 0.0974. The van der Waals surface area contributed by atoms with E-state index in [4.69, 9.17) is 0 Å². The largest absolute Gasteiger partial charge is 0.393 e. The molecule has 0 radical (unpaired) electrons. The summed E-state index contributed by atoms with van der Waals surface area (Å²) >= 11 is 0. The molecular weight excluding hydrogens is 228 g/mol. The molecule has 2 aliphatic carbocycles. The third kappa shape index (κ3) is 2.33. The van der Waals surface area contributed by atoms with Gasteiger partial charge < -0.3 is 15.3 Å². The molecule has 0 aliphatic heterocycles. The lowest BCUT2D eigenvalue weighted by Gasteiger charge is -2.51. The summed E-state index contributed by atoms with van der Waals surface area (Å²) < 4.78 is 0. The van der Waals surface area contributed by atoms with Gasteiger partial charge in [-0.15, -0.1) is 0 Å². The molecule has 106 valence electrons. The first-order chi connectivity index (χ1) is 8.06. The van der Waals surface area contributed by atoms with E-state index in [1.165, 1.54) is 0 Å². The molecule has 2 rings (SSSR count). The van der Waals surface area contributed by atoms with Gasteiger partial charge in [-0.05, 0) is 70.1 Å². The van der Waals surface area contributed by atoms with Crippen LogP contribution in [0.5, 0.6) is 0 Å². The van der Waals surface area contributed by atoms with Crippen molar-refractivity contribution in [1.82, 2.24) is 0 Å². The minimum Gasteiger partial charge on any atom is -0.393 e. The molecule has 3 nitrogen and oxygen atoms in total. The monoisotopic (exact) mass is 256 g/mol. The summed E-state index contributed by atoms with van der Waals surface area (Å²) in [7, 11) is 0. The van der Waals surface area contributed by atoms with E-state index >= 15 is 0 Å². The fourth-order valence-electron chi connectivity index (χ4n) is 4.72. The summed E-state index contributed by atoms with van der Waals surface area (Å²) in [4.78, 5) is 0. The lowest BCUT2D eigenvalue weighted by molar-refractivity contribution is -0.152. The highest BCUT2D eigenvalue weighted by Gasteiger charge is 2.59. The van der Waals surface area contributed by atoms with Gasteiger partial charge in [-0.1, -0.05) is 6.92 Å². The van der Waals surface area contributed by atoms with Gasteiger partial charge in [-0.25, -0.2) is 0 Å². The molecule has 2 saturated carbocycles. The molecule has 3 heteroatoms. The fourth-order valence-corrected chi connectivity index (χ4v) is 4.72. The van der Waals surface area contributed by atoms with Crippen LogP contribution >= 0.6 is 0 Å². The van der Waals surface area contributed by atoms with Gasteiger partial charge in [0, 0.05) is 0 Å². The second kappa shape index (κ2) is 4.19. The number of hydrogen-bond donors (Lipinski definition) is 3. The second-order valence-corrected chi connectivity index (χ2v) is 7.71. The summed E-state index contributed by atoms with van der Waals surface area (Å²) in [5.74, 6) is 0.403. The van der Waals surface area contributed by atoms with Crippen LogP contribution in [0.25, 0.3) is 0 Å². The van der Waals surface area contributed by atoms with E-state index in [1.54, 1.807) is 0 Å². The third-order valence-corrected chi connectivity index (χ3v) is 5.35. The van der Waals surface area contributed by atoms with Gasteiger partial charge in [0.15, 0.2) is 0 Å². The van der Waals surface area contributed by atoms with E-state index in [9.17, 15) is 15.3 Å². The Balaban J connectivity index is 2.27. The molecule has 0 aromatic rings. The van der Waals surface area contributed by atoms with Crippen LogP contribution in [-0.2, 0) is 0 Å². The van der Waals surface area contributed by atoms with Crippen LogP contribution in [0.15, 0.2) is 0 Å². The molecule has 2 aliphatic rings. The van der Waals surface area contributed by atoms with E-state index in [0.717, 1.165) is 12.8 Å². The van der Waals surface area contributed by atoms with E-state index in [0.29, 0.717) is 25.2 Å². The van der Waals surface area contributed by atoms with Gasteiger partial charge >= 0.3 is 0 Å². The molecule has 18 heavy (non-hydrogen) atoms. The number of rotatable bonds is 2. The first kappa shape index (κ1) is 14.3. The van der Waals surface area contributed by atoms with Crippen LogP contribution in [0.2, 0.25) is 0 Å². The number of fused-ring (bicyclic) bond motifs is 1. The first-order valence-corrected chi connectivity index (χ1v) is 7.19. The Morgan fingerprint density at radius 2 is 1.78 bits per heavy atom. The zero-order valence-electron chi connectivity index (χ0n) is 12.1. The van der Waals surface area contributed by atoms with Crippen LogP contribution in [-0.4, -0.2) is 32.6 Å². The van der Waals surface area contributed by atoms with E-state index < -0.39 is 11.2 Å². The standard InChI is InChI=1S/C15H28O3/c1-13(2,17)9-10-5-7-14(3)11(16)6-8-15(4,18)12(10)14/h10-12,16-18H,5-9H2,1-4H3/t10-,11-,12+,14+,15+/m1/s1. The molecule has 5 atom stereocenters. The molecule has 3 N–H and O–H groups in total. The Kier molecular flexibility index (Phi) is 3.33.